The highest BCUT2D eigenvalue weighted by molar-refractivity contribution is 6.33. The van der Waals surface area contributed by atoms with E-state index in [0.717, 1.165) is 10.7 Å². The van der Waals surface area contributed by atoms with Crippen molar-refractivity contribution in [3.63, 3.8) is 0 Å². The lowest BCUT2D eigenvalue weighted by molar-refractivity contribution is 1.44. The molecule has 1 aromatic rings. The van der Waals surface area contributed by atoms with Crippen molar-refractivity contribution in [2.45, 2.75) is 34.6 Å². The van der Waals surface area contributed by atoms with Crippen molar-refractivity contribution in [3.05, 3.63) is 28.8 Å². The molecule has 0 saturated carbocycles. The molecule has 0 atom stereocenters. The fourth-order valence-corrected chi connectivity index (χ4v) is 1.15. The van der Waals surface area contributed by atoms with E-state index in [-0.39, 0.29) is 0 Å². The lowest BCUT2D eigenvalue weighted by atomic mass is 10.2. The van der Waals surface area contributed by atoms with Crippen molar-refractivity contribution in [1.82, 2.24) is 0 Å². The number of nitrogens with one attached hydrogen (secondary N) is 1. The van der Waals surface area contributed by atoms with Gasteiger partial charge in [0.25, 0.3) is 0 Å². The molecule has 14 heavy (non-hydrogen) atoms. The third kappa shape index (κ3) is 5.87. The number of benzene rings is 1. The van der Waals surface area contributed by atoms with Crippen LogP contribution in [0.5, 0.6) is 0 Å². The Morgan fingerprint density at radius 1 is 1.07 bits per heavy atom. The Kier molecular flexibility index (Phi) is 11.7. The minimum Gasteiger partial charge on any atom is -0.387 e. The third-order valence-corrected chi connectivity index (χ3v) is 1.71. The maximum absolute atomic E-state index is 5.87. The third-order valence-electron chi connectivity index (χ3n) is 1.39. The van der Waals surface area contributed by atoms with Gasteiger partial charge < -0.3 is 5.32 Å². The first-order valence-corrected chi connectivity index (χ1v) is 5.55. The fraction of sp³-hybridized carbons (Fsp3) is 0.500. The van der Waals surface area contributed by atoms with Gasteiger partial charge in [0, 0.05) is 7.05 Å². The molecule has 0 aliphatic carbocycles. The zero-order valence-corrected chi connectivity index (χ0v) is 10.9. The molecule has 0 saturated heterocycles. The fourth-order valence-electron chi connectivity index (χ4n) is 0.823. The van der Waals surface area contributed by atoms with Gasteiger partial charge in [0.2, 0.25) is 0 Å². The molecule has 0 bridgehead atoms. The van der Waals surface area contributed by atoms with Gasteiger partial charge >= 0.3 is 0 Å². The normalized spacial score (nSPS) is 7.64. The van der Waals surface area contributed by atoms with E-state index in [1.807, 2.05) is 59.9 Å². The molecule has 0 unspecified atom stereocenters. The maximum Gasteiger partial charge on any atom is 0.0640 e. The van der Waals surface area contributed by atoms with Crippen LogP contribution < -0.4 is 5.32 Å². The summed E-state index contributed by atoms with van der Waals surface area (Å²) < 4.78 is 0. The predicted octanol–water partition coefficient (Wildman–Crippen LogP) is 4.74. The number of anilines is 1. The van der Waals surface area contributed by atoms with Crippen LogP contribution in [0.25, 0.3) is 0 Å². The van der Waals surface area contributed by atoms with Crippen LogP contribution in [0.1, 0.15) is 33.3 Å². The molecule has 0 heterocycles. The Balaban J connectivity index is 0. The molecule has 0 aliphatic heterocycles. The van der Waals surface area contributed by atoms with Crippen molar-refractivity contribution in [3.8, 4) is 0 Å². The summed E-state index contributed by atoms with van der Waals surface area (Å²) in [6, 6.07) is 5.93. The smallest absolute Gasteiger partial charge is 0.0640 e. The molecule has 0 aromatic heterocycles. The van der Waals surface area contributed by atoms with Crippen LogP contribution in [-0.2, 0) is 0 Å². The van der Waals surface area contributed by atoms with Crippen LogP contribution in [0.3, 0.4) is 0 Å². The summed E-state index contributed by atoms with van der Waals surface area (Å²) in [6.45, 7) is 10.0. The Morgan fingerprint density at radius 3 is 1.93 bits per heavy atom. The summed E-state index contributed by atoms with van der Waals surface area (Å²) in [5.74, 6) is 0. The highest BCUT2D eigenvalue weighted by atomic mass is 35.5. The number of hydrogen-bond acceptors (Lipinski definition) is 1. The van der Waals surface area contributed by atoms with Crippen molar-refractivity contribution in [1.29, 1.82) is 0 Å². The van der Waals surface area contributed by atoms with Gasteiger partial charge in [-0.05, 0) is 24.6 Å². The number of rotatable bonds is 1. The lowest BCUT2D eigenvalue weighted by Gasteiger charge is -2.02. The Bertz CT molecular complexity index is 234. The highest BCUT2D eigenvalue weighted by Crippen LogP contribution is 2.21. The Hall–Kier alpha value is -0.690. The zero-order chi connectivity index (χ0) is 11.6. The Labute approximate surface area is 93.5 Å². The predicted molar refractivity (Wildman–Crippen MR) is 68.4 cm³/mol. The topological polar surface area (TPSA) is 12.0 Å². The van der Waals surface area contributed by atoms with Crippen molar-refractivity contribution in [2.75, 3.05) is 12.4 Å². The van der Waals surface area contributed by atoms with Gasteiger partial charge in [-0.1, -0.05) is 45.4 Å². The first kappa shape index (κ1) is 15.8. The molecule has 0 aliphatic rings. The van der Waals surface area contributed by atoms with Gasteiger partial charge in [0.1, 0.15) is 0 Å². The molecular formula is C12H22ClN. The van der Waals surface area contributed by atoms with Gasteiger partial charge in [-0.3, -0.25) is 0 Å². The second-order valence-corrected chi connectivity index (χ2v) is 2.64. The van der Waals surface area contributed by atoms with Gasteiger partial charge in [0.15, 0.2) is 0 Å². The molecule has 0 radical (unpaired) electrons. The van der Waals surface area contributed by atoms with E-state index in [4.69, 9.17) is 11.6 Å². The summed E-state index contributed by atoms with van der Waals surface area (Å²) in [6.07, 6.45) is 0. The molecule has 1 aromatic carbocycles. The molecular weight excluding hydrogens is 194 g/mol. The molecule has 0 spiro atoms. The number of aryl methyl sites for hydroxylation is 1. The second kappa shape index (κ2) is 10.4. The number of halogens is 1. The molecule has 1 nitrogen and oxygen atoms in total. The standard InChI is InChI=1S/C8H10ClN.2C2H6/c1-6-3-4-8(10-2)7(9)5-6;2*1-2/h3-5,10H,1-2H3;2*1-2H3. The average molecular weight is 216 g/mol. The minimum absolute atomic E-state index is 0.780. The lowest BCUT2D eigenvalue weighted by Crippen LogP contribution is -1.88. The SMILES string of the molecule is CC.CC.CNc1ccc(C)cc1Cl. The summed E-state index contributed by atoms with van der Waals surface area (Å²) in [4.78, 5) is 0. The first-order chi connectivity index (χ1) is 6.74. The van der Waals surface area contributed by atoms with E-state index in [2.05, 4.69) is 5.32 Å². The highest BCUT2D eigenvalue weighted by Gasteiger charge is 1.95. The maximum atomic E-state index is 5.87. The summed E-state index contributed by atoms with van der Waals surface area (Å²) in [7, 11) is 1.86. The molecule has 2 heteroatoms. The summed E-state index contributed by atoms with van der Waals surface area (Å²) >= 11 is 5.87. The molecule has 1 N–H and O–H groups in total. The van der Waals surface area contributed by atoms with Gasteiger partial charge in [0.05, 0.1) is 10.7 Å². The quantitative estimate of drug-likeness (QED) is 0.714. The zero-order valence-electron chi connectivity index (χ0n) is 10.1. The van der Waals surface area contributed by atoms with Crippen LogP contribution in [0.2, 0.25) is 5.02 Å². The van der Waals surface area contributed by atoms with Gasteiger partial charge in [-0.15, -0.1) is 0 Å². The van der Waals surface area contributed by atoms with E-state index in [1.54, 1.807) is 0 Å². The van der Waals surface area contributed by atoms with Crippen LogP contribution in [0.15, 0.2) is 18.2 Å². The first-order valence-electron chi connectivity index (χ1n) is 5.18. The molecule has 82 valence electrons. The second-order valence-electron chi connectivity index (χ2n) is 2.23. The van der Waals surface area contributed by atoms with Gasteiger partial charge in [-0.25, -0.2) is 0 Å². The van der Waals surface area contributed by atoms with E-state index in [0.29, 0.717) is 0 Å². The van der Waals surface area contributed by atoms with E-state index in [9.17, 15) is 0 Å². The van der Waals surface area contributed by atoms with Crippen LogP contribution in [0, 0.1) is 6.92 Å². The van der Waals surface area contributed by atoms with E-state index < -0.39 is 0 Å². The van der Waals surface area contributed by atoms with Crippen LogP contribution in [-0.4, -0.2) is 7.05 Å². The van der Waals surface area contributed by atoms with Crippen LogP contribution in [0.4, 0.5) is 5.69 Å². The number of hydrogen-bond donors (Lipinski definition) is 1. The largest absolute Gasteiger partial charge is 0.387 e. The van der Waals surface area contributed by atoms with E-state index >= 15 is 0 Å². The van der Waals surface area contributed by atoms with E-state index in [1.165, 1.54) is 5.56 Å². The Morgan fingerprint density at radius 2 is 1.57 bits per heavy atom. The molecule has 1 rings (SSSR count). The van der Waals surface area contributed by atoms with Gasteiger partial charge in [-0.2, -0.15) is 0 Å². The molecule has 0 fully saturated rings. The monoisotopic (exact) mass is 215 g/mol. The minimum atomic E-state index is 0.780. The van der Waals surface area contributed by atoms with Crippen molar-refractivity contribution >= 4 is 17.3 Å². The summed E-state index contributed by atoms with van der Waals surface area (Å²) in [5, 5.41) is 3.77. The van der Waals surface area contributed by atoms with Crippen LogP contribution >= 0.6 is 11.6 Å². The summed E-state index contributed by atoms with van der Waals surface area (Å²) in [5.41, 5.74) is 2.16. The van der Waals surface area contributed by atoms with Crippen molar-refractivity contribution in [2.24, 2.45) is 0 Å². The molecule has 0 amide bonds. The van der Waals surface area contributed by atoms with Crippen molar-refractivity contribution < 1.29 is 0 Å². The average Bonchev–Trinajstić information content (AvgIpc) is 2.24.